The van der Waals surface area contributed by atoms with Gasteiger partial charge < -0.3 is 10.2 Å². The largest absolute Gasteiger partial charge is 0.354 e. The molecule has 0 fully saturated rings. The summed E-state index contributed by atoms with van der Waals surface area (Å²) in [4.78, 5) is 28.8. The molecule has 0 heterocycles. The molecule has 208 valence electrons. The Morgan fingerprint density at radius 2 is 1.64 bits per heavy atom. The molecule has 1 unspecified atom stereocenters. The van der Waals surface area contributed by atoms with E-state index >= 15 is 0 Å². The maximum absolute atomic E-state index is 14.8. The molecular weight excluding hydrogens is 517 g/mol. The second-order valence-electron chi connectivity index (χ2n) is 9.67. The molecule has 0 bridgehead atoms. The zero-order valence-electron chi connectivity index (χ0n) is 22.9. The Hall–Kier alpha value is -3.72. The van der Waals surface area contributed by atoms with Crippen LogP contribution in [-0.2, 0) is 32.6 Å². The van der Waals surface area contributed by atoms with Gasteiger partial charge in [0.05, 0.1) is 11.9 Å². The van der Waals surface area contributed by atoms with Crippen molar-refractivity contribution in [3.05, 3.63) is 101 Å². The number of carbonyl (C=O) groups is 2. The van der Waals surface area contributed by atoms with Crippen molar-refractivity contribution in [3.8, 4) is 0 Å². The van der Waals surface area contributed by atoms with Gasteiger partial charge in [0.15, 0.2) is 0 Å². The molecule has 1 N–H and O–H groups in total. The highest BCUT2D eigenvalue weighted by Gasteiger charge is 2.33. The summed E-state index contributed by atoms with van der Waals surface area (Å²) >= 11 is 0. The van der Waals surface area contributed by atoms with E-state index in [1.54, 1.807) is 37.3 Å². The van der Waals surface area contributed by atoms with Crippen molar-refractivity contribution in [1.29, 1.82) is 0 Å². The first-order valence-electron chi connectivity index (χ1n) is 12.9. The van der Waals surface area contributed by atoms with Gasteiger partial charge in [-0.2, -0.15) is 0 Å². The third-order valence-corrected chi connectivity index (χ3v) is 7.56. The van der Waals surface area contributed by atoms with Gasteiger partial charge >= 0.3 is 0 Å². The molecule has 3 rings (SSSR count). The van der Waals surface area contributed by atoms with Crippen LogP contribution >= 0.6 is 0 Å². The lowest BCUT2D eigenvalue weighted by molar-refractivity contribution is -0.140. The predicted molar refractivity (Wildman–Crippen MR) is 152 cm³/mol. The Morgan fingerprint density at radius 3 is 2.28 bits per heavy atom. The summed E-state index contributed by atoms with van der Waals surface area (Å²) in [5.74, 6) is -1.52. The van der Waals surface area contributed by atoms with Gasteiger partial charge in [0.2, 0.25) is 21.8 Å². The van der Waals surface area contributed by atoms with Crippen molar-refractivity contribution >= 4 is 27.5 Å². The van der Waals surface area contributed by atoms with Crippen LogP contribution in [0, 0.1) is 19.7 Å². The van der Waals surface area contributed by atoms with Gasteiger partial charge in [-0.25, -0.2) is 12.8 Å². The fourth-order valence-electron chi connectivity index (χ4n) is 4.31. The molecule has 0 aliphatic rings. The van der Waals surface area contributed by atoms with Gasteiger partial charge in [-0.15, -0.1) is 0 Å². The molecule has 0 saturated carbocycles. The Kier molecular flexibility index (Phi) is 10.2. The van der Waals surface area contributed by atoms with Crippen LogP contribution in [-0.4, -0.2) is 50.5 Å². The number of aryl methyl sites for hydroxylation is 2. The highest BCUT2D eigenvalue weighted by atomic mass is 32.2. The van der Waals surface area contributed by atoms with Gasteiger partial charge in [-0.05, 0) is 49.1 Å². The summed E-state index contributed by atoms with van der Waals surface area (Å²) in [5, 5.41) is 2.86. The summed E-state index contributed by atoms with van der Waals surface area (Å²) in [6.07, 6.45) is 1.91. The Labute approximate surface area is 230 Å². The average Bonchev–Trinajstić information content (AvgIpc) is 2.90. The zero-order chi connectivity index (χ0) is 28.6. The molecule has 0 spiro atoms. The molecule has 0 saturated heterocycles. The number of rotatable bonds is 12. The van der Waals surface area contributed by atoms with E-state index in [4.69, 9.17) is 0 Å². The zero-order valence-corrected chi connectivity index (χ0v) is 23.7. The molecule has 7 nitrogen and oxygen atoms in total. The van der Waals surface area contributed by atoms with Crippen LogP contribution in [0.5, 0.6) is 0 Å². The number of hydrogen-bond acceptors (Lipinski definition) is 4. The van der Waals surface area contributed by atoms with Crippen LogP contribution in [0.15, 0.2) is 72.8 Å². The predicted octanol–water partition coefficient (Wildman–Crippen LogP) is 4.37. The minimum absolute atomic E-state index is 0.179. The van der Waals surface area contributed by atoms with Crippen LogP contribution in [0.25, 0.3) is 0 Å². The lowest BCUT2D eigenvalue weighted by Gasteiger charge is -2.34. The number of nitrogens with zero attached hydrogens (tertiary/aromatic N) is 2. The quantitative estimate of drug-likeness (QED) is 0.361. The van der Waals surface area contributed by atoms with E-state index in [1.807, 2.05) is 50.2 Å². The van der Waals surface area contributed by atoms with Crippen molar-refractivity contribution < 1.29 is 22.4 Å². The second-order valence-corrected chi connectivity index (χ2v) is 11.6. The fourth-order valence-corrected chi connectivity index (χ4v) is 5.21. The molecule has 0 aliphatic carbocycles. The summed E-state index contributed by atoms with van der Waals surface area (Å²) < 4.78 is 41.7. The molecule has 1 atom stereocenters. The van der Waals surface area contributed by atoms with E-state index in [2.05, 4.69) is 5.32 Å². The van der Waals surface area contributed by atoms with Gasteiger partial charge in [0.25, 0.3) is 0 Å². The highest BCUT2D eigenvalue weighted by Crippen LogP contribution is 2.25. The van der Waals surface area contributed by atoms with Gasteiger partial charge in [0, 0.05) is 25.1 Å². The first-order chi connectivity index (χ1) is 18.5. The molecule has 3 aromatic carbocycles. The maximum atomic E-state index is 14.8. The Balaban J connectivity index is 2.08. The standard InChI is InChI=1S/C30H36FN3O4S/c1-5-17-32-30(36)28(19-24-11-7-6-8-12-24)33(20-25-13-9-10-14-26(25)31)29(35)21-34(39(4,37)38)27-18-22(2)15-16-23(27)3/h6-16,18,28H,5,17,19-21H2,1-4H3,(H,32,36). The topological polar surface area (TPSA) is 86.8 Å². The number of amides is 2. The lowest BCUT2D eigenvalue weighted by atomic mass is 10.0. The second kappa shape index (κ2) is 13.4. The first-order valence-corrected chi connectivity index (χ1v) is 14.8. The Morgan fingerprint density at radius 1 is 0.974 bits per heavy atom. The van der Waals surface area contributed by atoms with E-state index in [0.717, 1.165) is 21.7 Å². The average molecular weight is 554 g/mol. The molecular formula is C30H36FN3O4S. The van der Waals surface area contributed by atoms with E-state index < -0.39 is 34.3 Å². The third kappa shape index (κ3) is 8.13. The van der Waals surface area contributed by atoms with Crippen LogP contribution in [0.4, 0.5) is 10.1 Å². The lowest BCUT2D eigenvalue weighted by Crippen LogP contribution is -2.53. The maximum Gasteiger partial charge on any atom is 0.244 e. The van der Waals surface area contributed by atoms with Crippen LogP contribution in [0.3, 0.4) is 0 Å². The summed E-state index contributed by atoms with van der Waals surface area (Å²) in [5.41, 5.74) is 2.94. The number of hydrogen-bond donors (Lipinski definition) is 1. The number of carbonyl (C=O) groups excluding carboxylic acids is 2. The van der Waals surface area contributed by atoms with Crippen molar-refractivity contribution in [1.82, 2.24) is 10.2 Å². The fraction of sp³-hybridized carbons (Fsp3) is 0.333. The van der Waals surface area contributed by atoms with Crippen molar-refractivity contribution in [3.63, 3.8) is 0 Å². The van der Waals surface area contributed by atoms with Crippen molar-refractivity contribution in [2.45, 2.75) is 46.2 Å². The van der Waals surface area contributed by atoms with E-state index in [0.29, 0.717) is 24.2 Å². The summed E-state index contributed by atoms with van der Waals surface area (Å²) in [7, 11) is -3.87. The number of anilines is 1. The molecule has 9 heteroatoms. The molecule has 0 radical (unpaired) electrons. The monoisotopic (exact) mass is 553 g/mol. The van der Waals surface area contributed by atoms with Crippen LogP contribution in [0.1, 0.15) is 35.6 Å². The van der Waals surface area contributed by atoms with Crippen molar-refractivity contribution in [2.75, 3.05) is 23.7 Å². The number of benzene rings is 3. The van der Waals surface area contributed by atoms with Crippen molar-refractivity contribution in [2.24, 2.45) is 0 Å². The van der Waals surface area contributed by atoms with Crippen LogP contribution < -0.4 is 9.62 Å². The van der Waals surface area contributed by atoms with E-state index in [1.165, 1.54) is 11.0 Å². The van der Waals surface area contributed by atoms with Gasteiger partial charge in [0.1, 0.15) is 18.4 Å². The number of sulfonamides is 1. The summed E-state index contributed by atoms with van der Waals surface area (Å²) in [6.45, 7) is 5.19. The normalized spacial score (nSPS) is 12.0. The molecule has 0 aliphatic heterocycles. The van der Waals surface area contributed by atoms with Crippen LogP contribution in [0.2, 0.25) is 0 Å². The molecule has 0 aromatic heterocycles. The Bertz CT molecular complexity index is 1400. The minimum atomic E-state index is -3.87. The molecule has 39 heavy (non-hydrogen) atoms. The smallest absolute Gasteiger partial charge is 0.244 e. The molecule has 3 aromatic rings. The first kappa shape index (κ1) is 29.8. The summed E-state index contributed by atoms with van der Waals surface area (Å²) in [6, 6.07) is 19.7. The molecule has 2 amide bonds. The SMILES string of the molecule is CCCNC(=O)C(Cc1ccccc1)N(Cc1ccccc1F)C(=O)CN(c1cc(C)ccc1C)S(C)(=O)=O. The number of halogens is 1. The van der Waals surface area contributed by atoms with E-state index in [9.17, 15) is 22.4 Å². The van der Waals surface area contributed by atoms with E-state index in [-0.39, 0.29) is 24.4 Å². The van der Waals surface area contributed by atoms with Gasteiger partial charge in [-0.1, -0.05) is 67.6 Å². The highest BCUT2D eigenvalue weighted by molar-refractivity contribution is 7.92. The van der Waals surface area contributed by atoms with Gasteiger partial charge in [-0.3, -0.25) is 13.9 Å². The minimum Gasteiger partial charge on any atom is -0.354 e. The number of nitrogens with one attached hydrogen (secondary N) is 1. The third-order valence-electron chi connectivity index (χ3n) is 6.43.